The minimum Gasteiger partial charge on any atom is -0.468 e. The summed E-state index contributed by atoms with van der Waals surface area (Å²) in [5.41, 5.74) is 3.67. The van der Waals surface area contributed by atoms with Gasteiger partial charge in [-0.1, -0.05) is 30.3 Å². The Morgan fingerprint density at radius 2 is 2.07 bits per heavy atom. The average molecular weight is 377 g/mol. The minimum atomic E-state index is 0.588. The molecule has 0 spiro atoms. The van der Waals surface area contributed by atoms with Crippen molar-refractivity contribution in [2.45, 2.75) is 31.3 Å². The summed E-state index contributed by atoms with van der Waals surface area (Å²) >= 11 is 0. The molecule has 3 aliphatic heterocycles. The molecule has 3 fully saturated rings. The number of aryl methyl sites for hydroxylation is 1. The molecule has 5 nitrogen and oxygen atoms in total. The van der Waals surface area contributed by atoms with Crippen molar-refractivity contribution >= 4 is 0 Å². The third kappa shape index (κ3) is 3.40. The summed E-state index contributed by atoms with van der Waals surface area (Å²) < 4.78 is 7.54. The zero-order valence-electron chi connectivity index (χ0n) is 16.4. The van der Waals surface area contributed by atoms with Crippen molar-refractivity contribution in [3.8, 4) is 11.3 Å². The van der Waals surface area contributed by atoms with Crippen molar-refractivity contribution < 1.29 is 4.42 Å². The maximum atomic E-state index is 5.43. The second kappa shape index (κ2) is 7.57. The lowest BCUT2D eigenvalue weighted by atomic mass is 9.74. The first kappa shape index (κ1) is 17.7. The van der Waals surface area contributed by atoms with Gasteiger partial charge < -0.3 is 9.73 Å². The van der Waals surface area contributed by atoms with Gasteiger partial charge in [-0.3, -0.25) is 9.58 Å². The highest BCUT2D eigenvalue weighted by atomic mass is 16.3. The van der Waals surface area contributed by atoms with Crippen molar-refractivity contribution in [2.24, 2.45) is 13.0 Å². The number of benzene rings is 1. The zero-order chi connectivity index (χ0) is 18.9. The number of hydrogen-bond acceptors (Lipinski definition) is 4. The lowest BCUT2D eigenvalue weighted by Gasteiger charge is -2.50. The van der Waals surface area contributed by atoms with Gasteiger partial charge in [0.25, 0.3) is 0 Å². The molecule has 6 rings (SSSR count). The maximum Gasteiger partial charge on any atom is 0.117 e. The number of nitrogens with zero attached hydrogens (tertiary/aromatic N) is 3. The summed E-state index contributed by atoms with van der Waals surface area (Å²) in [5, 5.41) is 8.39. The van der Waals surface area contributed by atoms with Crippen LogP contribution in [0.5, 0.6) is 0 Å². The fourth-order valence-corrected chi connectivity index (χ4v) is 5.04. The van der Waals surface area contributed by atoms with Gasteiger partial charge in [0.15, 0.2) is 0 Å². The van der Waals surface area contributed by atoms with Gasteiger partial charge in [-0.2, -0.15) is 5.10 Å². The van der Waals surface area contributed by atoms with Crippen molar-refractivity contribution in [2.75, 3.05) is 19.6 Å². The van der Waals surface area contributed by atoms with E-state index in [2.05, 4.69) is 58.3 Å². The molecule has 0 radical (unpaired) electrons. The van der Waals surface area contributed by atoms with Crippen LogP contribution in [0.2, 0.25) is 0 Å². The molecule has 146 valence electrons. The Kier molecular flexibility index (Phi) is 4.79. The summed E-state index contributed by atoms with van der Waals surface area (Å²) in [5.74, 6) is 2.35. The number of aromatic nitrogens is 2. The summed E-state index contributed by atoms with van der Waals surface area (Å²) in [6, 6.07) is 17.4. The van der Waals surface area contributed by atoms with Crippen LogP contribution in [0.4, 0.5) is 0 Å². The SMILES string of the molecule is Cn1nc(-c2ccccc2)cc1[C@H]1CN2CC[C@H]1C[C@@H]2CNCc1ccco1. The first-order valence-electron chi connectivity index (χ1n) is 10.3. The highest BCUT2D eigenvalue weighted by molar-refractivity contribution is 5.59. The largest absolute Gasteiger partial charge is 0.468 e. The van der Waals surface area contributed by atoms with Gasteiger partial charge in [0.1, 0.15) is 5.76 Å². The summed E-state index contributed by atoms with van der Waals surface area (Å²) in [6.07, 6.45) is 4.30. The molecule has 0 aliphatic carbocycles. The Labute approximate surface area is 166 Å². The molecule has 5 heterocycles. The molecular formula is C23H28N4O. The van der Waals surface area contributed by atoms with Gasteiger partial charge in [0.05, 0.1) is 18.5 Å². The van der Waals surface area contributed by atoms with Crippen molar-refractivity contribution in [3.63, 3.8) is 0 Å². The average Bonchev–Trinajstić information content (AvgIpc) is 3.39. The predicted octanol–water partition coefficient (Wildman–Crippen LogP) is 3.65. The number of rotatable bonds is 6. The molecule has 5 heteroatoms. The van der Waals surface area contributed by atoms with Crippen LogP contribution < -0.4 is 5.32 Å². The highest BCUT2D eigenvalue weighted by Gasteiger charge is 2.41. The molecule has 0 amide bonds. The Bertz CT molecular complexity index is 902. The third-order valence-electron chi connectivity index (χ3n) is 6.50. The predicted molar refractivity (Wildman–Crippen MR) is 110 cm³/mol. The van der Waals surface area contributed by atoms with Crippen molar-refractivity contribution in [1.82, 2.24) is 20.0 Å². The molecule has 2 aromatic heterocycles. The lowest BCUT2D eigenvalue weighted by molar-refractivity contribution is 0.0280. The van der Waals surface area contributed by atoms with Crippen LogP contribution in [-0.4, -0.2) is 40.4 Å². The van der Waals surface area contributed by atoms with Crippen molar-refractivity contribution in [3.05, 3.63) is 66.2 Å². The van der Waals surface area contributed by atoms with Gasteiger partial charge in [0.2, 0.25) is 0 Å². The van der Waals surface area contributed by atoms with E-state index in [9.17, 15) is 0 Å². The number of nitrogens with one attached hydrogen (secondary N) is 1. The van der Waals surface area contributed by atoms with E-state index in [1.165, 1.54) is 30.6 Å². The van der Waals surface area contributed by atoms with Crippen LogP contribution in [0.1, 0.15) is 30.2 Å². The number of furan rings is 1. The Morgan fingerprint density at radius 1 is 1.18 bits per heavy atom. The minimum absolute atomic E-state index is 0.588. The molecule has 28 heavy (non-hydrogen) atoms. The number of piperidine rings is 3. The van der Waals surface area contributed by atoms with Crippen LogP contribution in [0.15, 0.2) is 59.2 Å². The van der Waals surface area contributed by atoms with Crippen LogP contribution in [0.3, 0.4) is 0 Å². The van der Waals surface area contributed by atoms with E-state index in [1.807, 2.05) is 12.1 Å². The standard InChI is InChI=1S/C23H28N4O/c1-26-23(13-22(25-26)17-6-3-2-4-7-17)21-16-27-10-9-18(21)12-19(27)14-24-15-20-8-5-11-28-20/h2-8,11,13,18-19,21,24H,9-10,12,14-16H2,1H3/t18-,19+,21-/m0/s1. The molecule has 3 aliphatic rings. The first-order valence-corrected chi connectivity index (χ1v) is 10.3. The topological polar surface area (TPSA) is 46.2 Å². The molecule has 1 unspecified atom stereocenters. The van der Waals surface area contributed by atoms with Gasteiger partial charge >= 0.3 is 0 Å². The molecular weight excluding hydrogens is 348 g/mol. The van der Waals surface area contributed by atoms with Gasteiger partial charge in [-0.05, 0) is 43.5 Å². The molecule has 3 saturated heterocycles. The Morgan fingerprint density at radius 3 is 2.82 bits per heavy atom. The highest BCUT2D eigenvalue weighted by Crippen LogP contribution is 2.42. The van der Waals surface area contributed by atoms with Gasteiger partial charge in [-0.25, -0.2) is 0 Å². The van der Waals surface area contributed by atoms with Crippen LogP contribution in [0, 0.1) is 5.92 Å². The third-order valence-corrected chi connectivity index (χ3v) is 6.50. The van der Waals surface area contributed by atoms with Crippen molar-refractivity contribution in [1.29, 1.82) is 0 Å². The molecule has 3 aromatic rings. The molecule has 0 saturated carbocycles. The van der Waals surface area contributed by atoms with E-state index >= 15 is 0 Å². The molecule has 1 N–H and O–H groups in total. The van der Waals surface area contributed by atoms with Crippen LogP contribution in [-0.2, 0) is 13.6 Å². The molecule has 2 bridgehead atoms. The van der Waals surface area contributed by atoms with E-state index in [4.69, 9.17) is 9.52 Å². The Hall–Kier alpha value is -2.37. The molecule has 4 atom stereocenters. The van der Waals surface area contributed by atoms with Crippen LogP contribution >= 0.6 is 0 Å². The fourth-order valence-electron chi connectivity index (χ4n) is 5.04. The summed E-state index contributed by atoms with van der Waals surface area (Å²) in [4.78, 5) is 2.68. The first-order chi connectivity index (χ1) is 13.8. The zero-order valence-corrected chi connectivity index (χ0v) is 16.4. The summed E-state index contributed by atoms with van der Waals surface area (Å²) in [6.45, 7) is 4.21. The molecule has 1 aromatic carbocycles. The Balaban J connectivity index is 1.26. The number of hydrogen-bond donors (Lipinski definition) is 1. The van der Waals surface area contributed by atoms with Gasteiger partial charge in [-0.15, -0.1) is 0 Å². The van der Waals surface area contributed by atoms with E-state index in [0.717, 1.165) is 37.0 Å². The second-order valence-electron chi connectivity index (χ2n) is 8.19. The normalized spacial score (nSPS) is 26.6. The lowest BCUT2D eigenvalue weighted by Crippen LogP contribution is -2.55. The summed E-state index contributed by atoms with van der Waals surface area (Å²) in [7, 11) is 2.10. The quantitative estimate of drug-likeness (QED) is 0.713. The maximum absolute atomic E-state index is 5.43. The van der Waals surface area contributed by atoms with E-state index in [1.54, 1.807) is 6.26 Å². The van der Waals surface area contributed by atoms with Crippen LogP contribution in [0.25, 0.3) is 11.3 Å². The monoisotopic (exact) mass is 376 g/mol. The fraction of sp³-hybridized carbons (Fsp3) is 0.435. The van der Waals surface area contributed by atoms with E-state index in [-0.39, 0.29) is 0 Å². The van der Waals surface area contributed by atoms with Gasteiger partial charge in [0, 0.05) is 43.4 Å². The van der Waals surface area contributed by atoms with E-state index in [0.29, 0.717) is 12.0 Å². The second-order valence-corrected chi connectivity index (χ2v) is 8.19. The number of fused-ring (bicyclic) bond motifs is 3. The smallest absolute Gasteiger partial charge is 0.117 e. The van der Waals surface area contributed by atoms with E-state index < -0.39 is 0 Å².